The Morgan fingerprint density at radius 2 is 1.58 bits per heavy atom. The summed E-state index contributed by atoms with van der Waals surface area (Å²) in [5, 5.41) is 19.1. The van der Waals surface area contributed by atoms with Crippen molar-refractivity contribution in [1.29, 1.82) is 0 Å². The van der Waals surface area contributed by atoms with E-state index in [0.717, 1.165) is 60.3 Å². The van der Waals surface area contributed by atoms with E-state index in [0.29, 0.717) is 16.7 Å². The zero-order valence-corrected chi connectivity index (χ0v) is 28.9. The van der Waals surface area contributed by atoms with E-state index in [2.05, 4.69) is 54.5 Å². The Balaban J connectivity index is 0.000000239. The van der Waals surface area contributed by atoms with Crippen LogP contribution in [0.3, 0.4) is 0 Å². The Morgan fingerprint density at radius 1 is 0.884 bits per heavy atom. The van der Waals surface area contributed by atoms with Gasteiger partial charge < -0.3 is 10.2 Å². The normalized spacial score (nSPS) is 34.8. The van der Waals surface area contributed by atoms with Crippen LogP contribution in [0.2, 0.25) is 0 Å². The predicted octanol–water partition coefficient (Wildman–Crippen LogP) is 10.5. The summed E-state index contributed by atoms with van der Waals surface area (Å²) in [6.07, 6.45) is 18.2. The number of carboxylic acid groups (broad SMARTS) is 1. The Hall–Kier alpha value is -1.61. The molecule has 1 aromatic carbocycles. The minimum absolute atomic E-state index is 0.0766. The highest BCUT2D eigenvalue weighted by Gasteiger charge is 2.59. The molecule has 1 aromatic rings. The predicted molar refractivity (Wildman–Crippen MR) is 180 cm³/mol. The SMILES string of the molecule is CC(C)CCC[C@@H](C)[C@H]1CC[C@H]2[C@@H]3CC=C4C[C@@H](O)CC[C@]4(C)[C@H]3CC[C@]12C.CC(C)Cc1ccc(C(C)C(=O)O)cc1. The van der Waals surface area contributed by atoms with Crippen LogP contribution in [-0.2, 0) is 11.2 Å². The largest absolute Gasteiger partial charge is 0.481 e. The number of aliphatic carboxylic acids is 1. The van der Waals surface area contributed by atoms with E-state index >= 15 is 0 Å². The number of carboxylic acids is 1. The van der Waals surface area contributed by atoms with Crippen molar-refractivity contribution in [2.24, 2.45) is 52.3 Å². The number of benzene rings is 1. The van der Waals surface area contributed by atoms with Crippen molar-refractivity contribution in [3.63, 3.8) is 0 Å². The summed E-state index contributed by atoms with van der Waals surface area (Å²) in [6.45, 7) is 18.6. The zero-order valence-electron chi connectivity index (χ0n) is 28.9. The summed E-state index contributed by atoms with van der Waals surface area (Å²) < 4.78 is 0. The summed E-state index contributed by atoms with van der Waals surface area (Å²) in [6, 6.07) is 7.87. The molecular weight excluding hydrogens is 528 g/mol. The van der Waals surface area contributed by atoms with E-state index < -0.39 is 11.9 Å². The van der Waals surface area contributed by atoms with Gasteiger partial charge in [0.25, 0.3) is 0 Å². The van der Waals surface area contributed by atoms with Crippen molar-refractivity contribution in [1.82, 2.24) is 0 Å². The lowest BCUT2D eigenvalue weighted by Gasteiger charge is -2.58. The summed E-state index contributed by atoms with van der Waals surface area (Å²) in [4.78, 5) is 10.8. The van der Waals surface area contributed by atoms with Gasteiger partial charge >= 0.3 is 5.97 Å². The summed E-state index contributed by atoms with van der Waals surface area (Å²) >= 11 is 0. The molecule has 0 radical (unpaired) electrons. The number of fused-ring (bicyclic) bond motifs is 5. The highest BCUT2D eigenvalue weighted by molar-refractivity contribution is 5.75. The second kappa shape index (κ2) is 14.2. The molecule has 4 aliphatic carbocycles. The summed E-state index contributed by atoms with van der Waals surface area (Å²) in [5.41, 5.74) is 4.74. The van der Waals surface area contributed by atoms with E-state index in [1.54, 1.807) is 12.5 Å². The number of aliphatic hydroxyl groups excluding tert-OH is 1. The summed E-state index contributed by atoms with van der Waals surface area (Å²) in [5.74, 6) is 4.90. The molecule has 0 aromatic heterocycles. The lowest BCUT2D eigenvalue weighted by atomic mass is 9.47. The molecule has 242 valence electrons. The van der Waals surface area contributed by atoms with Gasteiger partial charge in [-0.25, -0.2) is 0 Å². The third-order valence-electron chi connectivity index (χ3n) is 12.8. The number of rotatable bonds is 9. The van der Waals surface area contributed by atoms with Gasteiger partial charge in [0.05, 0.1) is 12.0 Å². The minimum Gasteiger partial charge on any atom is -0.481 e. The fraction of sp³-hybridized carbons (Fsp3) is 0.775. The number of aliphatic hydroxyl groups is 1. The molecule has 0 bridgehead atoms. The van der Waals surface area contributed by atoms with Crippen LogP contribution >= 0.6 is 0 Å². The van der Waals surface area contributed by atoms with E-state index in [4.69, 9.17) is 5.11 Å². The topological polar surface area (TPSA) is 57.5 Å². The van der Waals surface area contributed by atoms with Gasteiger partial charge in [0.2, 0.25) is 0 Å². The second-order valence-electron chi connectivity index (χ2n) is 16.6. The molecule has 0 spiro atoms. The van der Waals surface area contributed by atoms with Gasteiger partial charge in [-0.05, 0) is 128 Å². The van der Waals surface area contributed by atoms with Crippen LogP contribution in [0.25, 0.3) is 0 Å². The van der Waals surface area contributed by atoms with Crippen LogP contribution in [-0.4, -0.2) is 22.3 Å². The molecule has 3 fully saturated rings. The third kappa shape index (κ3) is 7.62. The van der Waals surface area contributed by atoms with Crippen LogP contribution < -0.4 is 0 Å². The molecule has 5 rings (SSSR count). The van der Waals surface area contributed by atoms with Gasteiger partial charge in [-0.3, -0.25) is 4.79 Å². The molecule has 3 saturated carbocycles. The first kappa shape index (κ1) is 34.3. The highest BCUT2D eigenvalue weighted by Crippen LogP contribution is 2.67. The lowest BCUT2D eigenvalue weighted by Crippen LogP contribution is -2.50. The van der Waals surface area contributed by atoms with E-state index in [1.807, 2.05) is 24.3 Å². The molecule has 1 unspecified atom stereocenters. The van der Waals surface area contributed by atoms with Gasteiger partial charge in [-0.2, -0.15) is 0 Å². The monoisotopic (exact) mass is 592 g/mol. The van der Waals surface area contributed by atoms with Gasteiger partial charge in [-0.1, -0.05) is 104 Å². The number of hydrogen-bond acceptors (Lipinski definition) is 2. The fourth-order valence-corrected chi connectivity index (χ4v) is 10.2. The van der Waals surface area contributed by atoms with Gasteiger partial charge in [-0.15, -0.1) is 0 Å². The Labute approximate surface area is 264 Å². The third-order valence-corrected chi connectivity index (χ3v) is 12.8. The van der Waals surface area contributed by atoms with Crippen molar-refractivity contribution in [2.75, 3.05) is 0 Å². The van der Waals surface area contributed by atoms with Crippen LogP contribution in [0.15, 0.2) is 35.9 Å². The van der Waals surface area contributed by atoms with Crippen molar-refractivity contribution < 1.29 is 15.0 Å². The maximum Gasteiger partial charge on any atom is 0.310 e. The smallest absolute Gasteiger partial charge is 0.310 e. The van der Waals surface area contributed by atoms with Crippen LogP contribution in [0.5, 0.6) is 0 Å². The van der Waals surface area contributed by atoms with Crippen molar-refractivity contribution >= 4 is 5.97 Å². The average molecular weight is 593 g/mol. The maximum atomic E-state index is 10.8. The van der Waals surface area contributed by atoms with Crippen molar-refractivity contribution in [3.8, 4) is 0 Å². The lowest BCUT2D eigenvalue weighted by molar-refractivity contribution is -0.138. The first-order valence-corrected chi connectivity index (χ1v) is 18.0. The van der Waals surface area contributed by atoms with Gasteiger partial charge in [0.15, 0.2) is 0 Å². The quantitative estimate of drug-likeness (QED) is 0.280. The molecule has 43 heavy (non-hydrogen) atoms. The minimum atomic E-state index is -0.772. The van der Waals surface area contributed by atoms with Crippen LogP contribution in [0.1, 0.15) is 143 Å². The molecular formula is C40H64O3. The zero-order chi connectivity index (χ0) is 31.5. The van der Waals surface area contributed by atoms with Gasteiger partial charge in [0, 0.05) is 0 Å². The fourth-order valence-electron chi connectivity index (χ4n) is 10.2. The first-order valence-electron chi connectivity index (χ1n) is 18.0. The molecule has 4 aliphatic rings. The first-order chi connectivity index (χ1) is 20.3. The molecule has 0 amide bonds. The standard InChI is InChI=1S/C27H46O.C13H18O2/c1-18(2)7-6-8-19(3)23-11-12-24-22-10-9-20-17-21(28)13-15-26(20,4)25(22)14-16-27(23,24)5;1-9(2)8-11-4-6-12(7-5-11)10(3)13(14)15/h9,18-19,21-25,28H,6-8,10-17H2,1-5H3;4-7,9-10H,8H2,1-3H3,(H,14,15)/t19-,21+,22+,23-,24+,25+,26+,27-;/m1./s1. The van der Waals surface area contributed by atoms with Crippen LogP contribution in [0.4, 0.5) is 0 Å². The Bertz CT molecular complexity index is 1090. The highest BCUT2D eigenvalue weighted by atomic mass is 16.4. The van der Waals surface area contributed by atoms with Crippen LogP contribution in [0, 0.1) is 52.3 Å². The Morgan fingerprint density at radius 3 is 2.21 bits per heavy atom. The molecule has 0 saturated heterocycles. The molecule has 0 heterocycles. The maximum absolute atomic E-state index is 10.8. The number of carbonyl (C=O) groups is 1. The van der Waals surface area contributed by atoms with E-state index in [9.17, 15) is 9.90 Å². The average Bonchev–Trinajstić information content (AvgIpc) is 3.30. The van der Waals surface area contributed by atoms with E-state index in [-0.39, 0.29) is 6.10 Å². The van der Waals surface area contributed by atoms with Gasteiger partial charge in [0.1, 0.15) is 0 Å². The number of allylic oxidation sites excluding steroid dienone is 1. The Kier molecular flexibility index (Phi) is 11.3. The second-order valence-corrected chi connectivity index (χ2v) is 16.6. The number of hydrogen-bond donors (Lipinski definition) is 2. The van der Waals surface area contributed by atoms with Crippen molar-refractivity contribution in [2.45, 2.75) is 144 Å². The molecule has 2 N–H and O–H groups in total. The molecule has 3 heteroatoms. The summed E-state index contributed by atoms with van der Waals surface area (Å²) in [7, 11) is 0. The molecule has 0 aliphatic heterocycles. The molecule has 3 nitrogen and oxygen atoms in total. The van der Waals surface area contributed by atoms with E-state index in [1.165, 1.54) is 63.4 Å². The van der Waals surface area contributed by atoms with Crippen molar-refractivity contribution in [3.05, 3.63) is 47.0 Å². The molecule has 9 atom stereocenters.